The van der Waals surface area contributed by atoms with Gasteiger partial charge in [-0.1, -0.05) is 17.0 Å². The molecule has 86 valence electrons. The Morgan fingerprint density at radius 2 is 2.41 bits per heavy atom. The molecule has 0 atom stereocenters. The van der Waals surface area contributed by atoms with Crippen LogP contribution in [0.2, 0.25) is 0 Å². The highest BCUT2D eigenvalue weighted by molar-refractivity contribution is 5.52. The smallest absolute Gasteiger partial charge is 0.312 e. The molecule has 17 heavy (non-hydrogen) atoms. The minimum Gasteiger partial charge on any atom is -0.490 e. The predicted molar refractivity (Wildman–Crippen MR) is 60.5 cm³/mol. The molecule has 0 radical (unpaired) electrons. The van der Waals surface area contributed by atoms with Gasteiger partial charge < -0.3 is 4.74 Å². The average molecular weight is 232 g/mol. The van der Waals surface area contributed by atoms with Crippen molar-refractivity contribution in [1.29, 1.82) is 0 Å². The van der Waals surface area contributed by atoms with E-state index in [9.17, 15) is 10.1 Å². The largest absolute Gasteiger partial charge is 0.490 e. The van der Waals surface area contributed by atoms with Gasteiger partial charge in [0.05, 0.1) is 18.6 Å². The summed E-state index contributed by atoms with van der Waals surface area (Å²) in [6.45, 7) is 0.0241. The van der Waals surface area contributed by atoms with E-state index in [4.69, 9.17) is 10.3 Å². The quantitative estimate of drug-likeness (QED) is 0.199. The summed E-state index contributed by atoms with van der Waals surface area (Å²) in [5.41, 5.74) is 8.35. The maximum Gasteiger partial charge on any atom is 0.312 e. The van der Waals surface area contributed by atoms with Gasteiger partial charge in [0.2, 0.25) is 0 Å². The Morgan fingerprint density at radius 1 is 1.65 bits per heavy atom. The number of rotatable bonds is 3. The Bertz CT molecular complexity index is 538. The van der Waals surface area contributed by atoms with Crippen LogP contribution in [0.4, 0.5) is 5.69 Å². The van der Waals surface area contributed by atoms with Crippen LogP contribution < -0.4 is 4.74 Å². The number of methoxy groups -OCH3 is 1. The van der Waals surface area contributed by atoms with Crippen LogP contribution >= 0.6 is 0 Å². The Balaban J connectivity index is 3.02. The van der Waals surface area contributed by atoms with Crippen LogP contribution in [0.1, 0.15) is 5.56 Å². The van der Waals surface area contributed by atoms with Gasteiger partial charge in [-0.05, 0) is 17.7 Å². The molecular weight excluding hydrogens is 224 g/mol. The molecule has 7 nitrogen and oxygen atoms in total. The van der Waals surface area contributed by atoms with Gasteiger partial charge in [-0.25, -0.2) is 0 Å². The van der Waals surface area contributed by atoms with Crippen molar-refractivity contribution in [1.82, 2.24) is 0 Å². The second-order valence-corrected chi connectivity index (χ2v) is 2.83. The Kier molecular flexibility index (Phi) is 4.36. The lowest BCUT2D eigenvalue weighted by molar-refractivity contribution is -0.385. The summed E-state index contributed by atoms with van der Waals surface area (Å²) in [6.07, 6.45) is 0. The fourth-order valence-corrected chi connectivity index (χ4v) is 1.12. The minimum absolute atomic E-state index is 0.0241. The van der Waals surface area contributed by atoms with E-state index in [0.29, 0.717) is 5.56 Å². The number of azide groups is 1. The molecule has 1 aromatic rings. The summed E-state index contributed by atoms with van der Waals surface area (Å²) in [6, 6.07) is 4.37. The Morgan fingerprint density at radius 3 is 3.00 bits per heavy atom. The molecule has 0 heterocycles. The fraction of sp³-hybridized carbons (Fsp3) is 0.200. The maximum absolute atomic E-state index is 10.7. The molecule has 0 aliphatic heterocycles. The molecule has 7 heteroatoms. The SMILES string of the molecule is COc1ccc(C#CCN=[N+]=[N-])cc1[N+](=O)[O-]. The number of ether oxygens (including phenoxy) is 1. The summed E-state index contributed by atoms with van der Waals surface area (Å²) in [5.74, 6) is 5.40. The standard InChI is InChI=1S/C10H8N4O3/c1-17-10-5-4-8(3-2-6-12-13-11)7-9(10)14(15)16/h4-5,7H,6H2,1H3. The van der Waals surface area contributed by atoms with E-state index in [1.54, 1.807) is 6.07 Å². The summed E-state index contributed by atoms with van der Waals surface area (Å²) < 4.78 is 4.85. The first-order chi connectivity index (χ1) is 8.19. The predicted octanol–water partition coefficient (Wildman–Crippen LogP) is 2.27. The average Bonchev–Trinajstić information content (AvgIpc) is 2.34. The van der Waals surface area contributed by atoms with Crippen molar-refractivity contribution >= 4 is 5.69 Å². The molecule has 0 spiro atoms. The molecule has 0 aromatic heterocycles. The van der Waals surface area contributed by atoms with Crippen molar-refractivity contribution in [3.63, 3.8) is 0 Å². The molecule has 0 fully saturated rings. The van der Waals surface area contributed by atoms with Gasteiger partial charge >= 0.3 is 5.69 Å². The number of nitrogens with zero attached hydrogens (tertiary/aromatic N) is 4. The first-order valence-electron chi connectivity index (χ1n) is 4.51. The molecule has 0 N–H and O–H groups in total. The van der Waals surface area contributed by atoms with Crippen LogP contribution in [0.25, 0.3) is 10.4 Å². The normalized spacial score (nSPS) is 8.53. The zero-order chi connectivity index (χ0) is 12.7. The van der Waals surface area contributed by atoms with Crippen molar-refractivity contribution in [3.05, 3.63) is 44.3 Å². The third-order valence-corrected chi connectivity index (χ3v) is 1.82. The second-order valence-electron chi connectivity index (χ2n) is 2.83. The van der Waals surface area contributed by atoms with Gasteiger partial charge in [0, 0.05) is 16.5 Å². The number of benzene rings is 1. The zero-order valence-electron chi connectivity index (χ0n) is 8.95. The molecule has 0 saturated carbocycles. The first-order valence-corrected chi connectivity index (χ1v) is 4.51. The van der Waals surface area contributed by atoms with Crippen LogP contribution in [-0.2, 0) is 0 Å². The molecule has 1 rings (SSSR count). The summed E-state index contributed by atoms with van der Waals surface area (Å²) in [7, 11) is 1.36. The Hall–Kier alpha value is -2.71. The number of nitro benzene ring substituents is 1. The van der Waals surface area contributed by atoms with Gasteiger partial charge in [0.1, 0.15) is 0 Å². The number of nitro groups is 1. The van der Waals surface area contributed by atoms with Crippen molar-refractivity contribution in [2.24, 2.45) is 5.11 Å². The molecule has 1 aromatic carbocycles. The highest BCUT2D eigenvalue weighted by atomic mass is 16.6. The van der Waals surface area contributed by atoms with Crippen molar-refractivity contribution in [2.75, 3.05) is 13.7 Å². The maximum atomic E-state index is 10.7. The monoisotopic (exact) mass is 232 g/mol. The van der Waals surface area contributed by atoms with Crippen LogP contribution in [0.3, 0.4) is 0 Å². The van der Waals surface area contributed by atoms with Crippen LogP contribution in [-0.4, -0.2) is 18.6 Å². The van der Waals surface area contributed by atoms with Gasteiger partial charge in [0.15, 0.2) is 5.75 Å². The highest BCUT2D eigenvalue weighted by Crippen LogP contribution is 2.26. The van der Waals surface area contributed by atoms with E-state index >= 15 is 0 Å². The summed E-state index contributed by atoms with van der Waals surface area (Å²) >= 11 is 0. The van der Waals surface area contributed by atoms with E-state index in [1.165, 1.54) is 19.2 Å². The highest BCUT2D eigenvalue weighted by Gasteiger charge is 2.14. The zero-order valence-corrected chi connectivity index (χ0v) is 8.95. The molecule has 0 aliphatic rings. The van der Waals surface area contributed by atoms with E-state index in [-0.39, 0.29) is 18.0 Å². The van der Waals surface area contributed by atoms with Gasteiger partial charge in [0.25, 0.3) is 0 Å². The number of hydrogen-bond donors (Lipinski definition) is 0. The molecular formula is C10H8N4O3. The van der Waals surface area contributed by atoms with E-state index in [2.05, 4.69) is 21.9 Å². The molecule has 0 amide bonds. The van der Waals surface area contributed by atoms with Gasteiger partial charge in [-0.2, -0.15) is 0 Å². The van der Waals surface area contributed by atoms with Crippen molar-refractivity contribution in [2.45, 2.75) is 0 Å². The third-order valence-electron chi connectivity index (χ3n) is 1.82. The van der Waals surface area contributed by atoms with Crippen molar-refractivity contribution in [3.8, 4) is 17.6 Å². The van der Waals surface area contributed by atoms with Crippen molar-refractivity contribution < 1.29 is 9.66 Å². The third kappa shape index (κ3) is 3.41. The minimum atomic E-state index is -0.544. The molecule has 0 aliphatic carbocycles. The van der Waals surface area contributed by atoms with E-state index in [0.717, 1.165) is 0 Å². The first kappa shape index (κ1) is 12.4. The lowest BCUT2D eigenvalue weighted by Crippen LogP contribution is -1.94. The molecule has 0 saturated heterocycles. The van der Waals surface area contributed by atoms with Crippen LogP contribution in [0.15, 0.2) is 23.3 Å². The molecule has 0 unspecified atom stereocenters. The summed E-state index contributed by atoms with van der Waals surface area (Å²) in [5, 5.41) is 13.9. The molecule has 0 bridgehead atoms. The number of hydrogen-bond acceptors (Lipinski definition) is 4. The fourth-order valence-electron chi connectivity index (χ4n) is 1.12. The lowest BCUT2D eigenvalue weighted by atomic mass is 10.2. The van der Waals surface area contributed by atoms with E-state index in [1.807, 2.05) is 0 Å². The van der Waals surface area contributed by atoms with Gasteiger partial charge in [-0.15, -0.1) is 0 Å². The van der Waals surface area contributed by atoms with Gasteiger partial charge in [-0.3, -0.25) is 10.1 Å². The van der Waals surface area contributed by atoms with Crippen LogP contribution in [0, 0.1) is 22.0 Å². The second kappa shape index (κ2) is 6.00. The Labute approximate surface area is 96.8 Å². The lowest BCUT2D eigenvalue weighted by Gasteiger charge is -2.00. The van der Waals surface area contributed by atoms with E-state index < -0.39 is 4.92 Å². The van der Waals surface area contributed by atoms with Crippen LogP contribution in [0.5, 0.6) is 5.75 Å². The summed E-state index contributed by atoms with van der Waals surface area (Å²) in [4.78, 5) is 12.7. The topological polar surface area (TPSA) is 101 Å².